The molecule has 1 aliphatic heterocycles. The van der Waals surface area contributed by atoms with Crippen LogP contribution in [0.3, 0.4) is 0 Å². The molecule has 0 saturated heterocycles. The predicted octanol–water partition coefficient (Wildman–Crippen LogP) is 5.80. The van der Waals surface area contributed by atoms with E-state index in [-0.39, 0.29) is 24.2 Å². The van der Waals surface area contributed by atoms with Gasteiger partial charge < -0.3 is 29.0 Å². The summed E-state index contributed by atoms with van der Waals surface area (Å²) in [4.78, 5) is 27.4. The molecule has 208 valence electrons. The molecule has 0 amide bonds. The van der Waals surface area contributed by atoms with Crippen molar-refractivity contribution in [3.05, 3.63) is 68.5 Å². The Hall–Kier alpha value is -3.46. The van der Waals surface area contributed by atoms with Crippen LogP contribution in [0.5, 0.6) is 23.0 Å². The Morgan fingerprint density at radius 1 is 0.923 bits per heavy atom. The van der Waals surface area contributed by atoms with Gasteiger partial charge in [0.1, 0.15) is 0 Å². The average Bonchev–Trinajstić information content (AvgIpc) is 2.91. The summed E-state index contributed by atoms with van der Waals surface area (Å²) in [6.07, 6.45) is 0.546. The van der Waals surface area contributed by atoms with Crippen molar-refractivity contribution in [3.63, 3.8) is 0 Å². The highest BCUT2D eigenvalue weighted by atomic mass is 79.9. The summed E-state index contributed by atoms with van der Waals surface area (Å²) in [5.74, 6) is 1.03. The van der Waals surface area contributed by atoms with Crippen LogP contribution in [0.2, 0.25) is 0 Å². The van der Waals surface area contributed by atoms with E-state index in [1.165, 1.54) is 0 Å². The van der Waals surface area contributed by atoms with E-state index < -0.39 is 11.9 Å². The largest absolute Gasteiger partial charge is 0.493 e. The minimum Gasteiger partial charge on any atom is -0.493 e. The van der Waals surface area contributed by atoms with E-state index in [4.69, 9.17) is 23.7 Å². The molecule has 0 aromatic heterocycles. The van der Waals surface area contributed by atoms with Crippen molar-refractivity contribution in [3.8, 4) is 23.0 Å². The number of hydrogen-bond donors (Lipinski definition) is 1. The van der Waals surface area contributed by atoms with Crippen LogP contribution in [0.4, 0.5) is 0 Å². The number of esters is 1. The number of halogens is 1. The van der Waals surface area contributed by atoms with E-state index in [1.54, 1.807) is 48.4 Å². The minimum atomic E-state index is -0.652. The van der Waals surface area contributed by atoms with Crippen molar-refractivity contribution < 1.29 is 33.3 Å². The third-order valence-electron chi connectivity index (χ3n) is 7.08. The Bertz CT molecular complexity index is 1360. The number of Topliss-reactive ketones (excluding diaryl/α,β-unsaturated/α-hetero) is 1. The standard InChI is InChI=1S/C30H34BrNO7/c1-15(2)39-30(34)27-16(3)32-21-10-18(17-8-9-23(35-4)24(12-17)36-5)11-22(33)29(21)28(27)19-13-25(37-6)26(38-7)14-20(19)31/h8-9,12-15,18,28,32H,10-11H2,1-7H3/t18-,28+/m0/s1. The summed E-state index contributed by atoms with van der Waals surface area (Å²) in [7, 11) is 6.30. The van der Waals surface area contributed by atoms with Gasteiger partial charge in [-0.25, -0.2) is 4.79 Å². The fourth-order valence-corrected chi connectivity index (χ4v) is 5.88. The van der Waals surface area contributed by atoms with Gasteiger partial charge in [0, 0.05) is 33.8 Å². The Morgan fingerprint density at radius 3 is 2.15 bits per heavy atom. The first-order valence-electron chi connectivity index (χ1n) is 12.7. The molecule has 0 radical (unpaired) electrons. The van der Waals surface area contributed by atoms with Crippen molar-refractivity contribution in [1.29, 1.82) is 0 Å². The molecule has 0 fully saturated rings. The van der Waals surface area contributed by atoms with Gasteiger partial charge in [-0.3, -0.25) is 4.79 Å². The van der Waals surface area contributed by atoms with Gasteiger partial charge in [-0.1, -0.05) is 22.0 Å². The maximum absolute atomic E-state index is 14.0. The number of allylic oxidation sites excluding steroid dienone is 3. The van der Waals surface area contributed by atoms with Crippen LogP contribution < -0.4 is 24.3 Å². The molecule has 0 spiro atoms. The molecule has 2 atom stereocenters. The normalized spacial score (nSPS) is 18.9. The van der Waals surface area contributed by atoms with Crippen LogP contribution in [0.25, 0.3) is 0 Å². The Morgan fingerprint density at radius 2 is 1.54 bits per heavy atom. The van der Waals surface area contributed by atoms with E-state index in [0.717, 1.165) is 16.8 Å². The summed E-state index contributed by atoms with van der Waals surface area (Å²) in [5, 5.41) is 3.38. The zero-order valence-electron chi connectivity index (χ0n) is 23.3. The molecule has 2 aromatic carbocycles. The third kappa shape index (κ3) is 5.50. The van der Waals surface area contributed by atoms with Crippen molar-refractivity contribution in [2.75, 3.05) is 28.4 Å². The molecule has 1 N–H and O–H groups in total. The molecule has 0 unspecified atom stereocenters. The quantitative estimate of drug-likeness (QED) is 0.381. The lowest BCUT2D eigenvalue weighted by molar-refractivity contribution is -0.143. The first-order chi connectivity index (χ1) is 18.6. The maximum Gasteiger partial charge on any atom is 0.337 e. The second-order valence-corrected chi connectivity index (χ2v) is 10.7. The number of nitrogens with one attached hydrogen (secondary N) is 1. The van der Waals surface area contributed by atoms with Crippen molar-refractivity contribution in [2.24, 2.45) is 0 Å². The molecule has 4 rings (SSSR count). The smallest absolute Gasteiger partial charge is 0.337 e. The van der Waals surface area contributed by atoms with Gasteiger partial charge in [0.25, 0.3) is 0 Å². The number of rotatable bonds is 8. The van der Waals surface area contributed by atoms with Gasteiger partial charge in [0.15, 0.2) is 28.8 Å². The zero-order valence-corrected chi connectivity index (χ0v) is 24.9. The lowest BCUT2D eigenvalue weighted by atomic mass is 9.71. The van der Waals surface area contributed by atoms with E-state index in [1.807, 2.05) is 31.2 Å². The summed E-state index contributed by atoms with van der Waals surface area (Å²) in [6, 6.07) is 9.33. The molecule has 9 heteroatoms. The summed E-state index contributed by atoms with van der Waals surface area (Å²) < 4.78 is 28.2. The van der Waals surface area contributed by atoms with E-state index in [0.29, 0.717) is 50.7 Å². The topological polar surface area (TPSA) is 92.3 Å². The summed E-state index contributed by atoms with van der Waals surface area (Å²) >= 11 is 3.66. The first-order valence-corrected chi connectivity index (χ1v) is 13.5. The molecular weight excluding hydrogens is 566 g/mol. The fraction of sp³-hybridized carbons (Fsp3) is 0.400. The van der Waals surface area contributed by atoms with Crippen LogP contribution >= 0.6 is 15.9 Å². The monoisotopic (exact) mass is 599 g/mol. The van der Waals surface area contributed by atoms with Crippen LogP contribution in [0.15, 0.2) is 57.3 Å². The first kappa shape index (κ1) is 28.5. The molecule has 2 aliphatic rings. The lowest BCUT2D eigenvalue weighted by Crippen LogP contribution is -2.36. The third-order valence-corrected chi connectivity index (χ3v) is 7.77. The summed E-state index contributed by atoms with van der Waals surface area (Å²) in [6.45, 7) is 5.44. The summed E-state index contributed by atoms with van der Waals surface area (Å²) in [5.41, 5.74) is 4.08. The van der Waals surface area contributed by atoms with E-state index in [2.05, 4.69) is 21.2 Å². The molecule has 0 bridgehead atoms. The van der Waals surface area contributed by atoms with Crippen molar-refractivity contribution in [1.82, 2.24) is 5.32 Å². The highest BCUT2D eigenvalue weighted by molar-refractivity contribution is 9.10. The number of hydrogen-bond acceptors (Lipinski definition) is 8. The Kier molecular flexibility index (Phi) is 8.59. The number of carbonyl (C=O) groups excluding carboxylic acids is 2. The van der Waals surface area contributed by atoms with Crippen LogP contribution in [0.1, 0.15) is 56.6 Å². The number of ether oxygens (including phenoxy) is 5. The number of benzene rings is 2. The number of dihydropyridines is 1. The Labute approximate surface area is 237 Å². The fourth-order valence-electron chi connectivity index (χ4n) is 5.33. The second-order valence-electron chi connectivity index (χ2n) is 9.81. The SMILES string of the molecule is COc1ccc([C@@H]2CC(=O)C3=C(C2)NC(C)=C(C(=O)OC(C)C)[C@H]3c2cc(OC)c(OC)cc2Br)cc1OC. The second kappa shape index (κ2) is 11.7. The molecule has 2 aromatic rings. The number of ketones is 1. The number of methoxy groups -OCH3 is 4. The maximum atomic E-state index is 14.0. The molecular formula is C30H34BrNO7. The van der Waals surface area contributed by atoms with Crippen LogP contribution in [-0.4, -0.2) is 46.3 Å². The van der Waals surface area contributed by atoms with Gasteiger partial charge >= 0.3 is 5.97 Å². The van der Waals surface area contributed by atoms with Gasteiger partial charge in [0.05, 0.1) is 40.1 Å². The van der Waals surface area contributed by atoms with Crippen molar-refractivity contribution >= 4 is 27.7 Å². The van der Waals surface area contributed by atoms with Crippen molar-refractivity contribution in [2.45, 2.75) is 51.6 Å². The van der Waals surface area contributed by atoms with Gasteiger partial charge in [-0.15, -0.1) is 0 Å². The number of carbonyl (C=O) groups is 2. The average molecular weight is 601 g/mol. The Balaban J connectivity index is 1.85. The molecule has 39 heavy (non-hydrogen) atoms. The minimum absolute atomic E-state index is 0.0439. The van der Waals surface area contributed by atoms with Crippen LogP contribution in [-0.2, 0) is 14.3 Å². The molecule has 0 saturated carbocycles. The lowest BCUT2D eigenvalue weighted by Gasteiger charge is -2.37. The van der Waals surface area contributed by atoms with Gasteiger partial charge in [-0.2, -0.15) is 0 Å². The zero-order chi connectivity index (χ0) is 28.4. The molecule has 8 nitrogen and oxygen atoms in total. The van der Waals surface area contributed by atoms with E-state index >= 15 is 0 Å². The highest BCUT2D eigenvalue weighted by Gasteiger charge is 2.42. The molecule has 1 heterocycles. The van der Waals surface area contributed by atoms with E-state index in [9.17, 15) is 9.59 Å². The van der Waals surface area contributed by atoms with Crippen LogP contribution in [0, 0.1) is 0 Å². The van der Waals surface area contributed by atoms with Gasteiger partial charge in [-0.05, 0) is 68.5 Å². The van der Waals surface area contributed by atoms with Gasteiger partial charge in [0.2, 0.25) is 0 Å². The predicted molar refractivity (Wildman–Crippen MR) is 151 cm³/mol. The highest BCUT2D eigenvalue weighted by Crippen LogP contribution is 2.49. The molecule has 1 aliphatic carbocycles.